The average Bonchev–Trinajstić information content (AvgIpc) is 2.43. The highest BCUT2D eigenvalue weighted by Gasteiger charge is 2.16. The van der Waals surface area contributed by atoms with Crippen molar-refractivity contribution in [2.45, 2.75) is 0 Å². The Morgan fingerprint density at radius 1 is 1.54 bits per heavy atom. The van der Waals surface area contributed by atoms with E-state index in [4.69, 9.17) is 5.73 Å². The summed E-state index contributed by atoms with van der Waals surface area (Å²) in [4.78, 5) is 33.7. The van der Waals surface area contributed by atoms with Crippen molar-refractivity contribution < 1.29 is 4.79 Å². The van der Waals surface area contributed by atoms with E-state index in [0.717, 1.165) is 0 Å². The number of fused-ring (bicyclic) bond motifs is 1. The summed E-state index contributed by atoms with van der Waals surface area (Å²) in [5, 5.41) is 0. The molecule has 0 aromatic heterocycles. The van der Waals surface area contributed by atoms with Crippen LogP contribution in [0.25, 0.3) is 11.5 Å². The molecule has 66 valence electrons. The fourth-order valence-corrected chi connectivity index (χ4v) is 1.04. The van der Waals surface area contributed by atoms with Crippen LogP contribution in [-0.2, 0) is 0 Å². The number of carbonyl (C=O) groups is 1. The third-order valence-corrected chi connectivity index (χ3v) is 1.56. The second kappa shape index (κ2) is 2.41. The maximum absolute atomic E-state index is 10.8. The van der Waals surface area contributed by atoms with Crippen LogP contribution in [0.3, 0.4) is 0 Å². The van der Waals surface area contributed by atoms with E-state index in [9.17, 15) is 9.59 Å². The van der Waals surface area contributed by atoms with Gasteiger partial charge in [0.15, 0.2) is 5.82 Å². The molecule has 0 aromatic rings. The van der Waals surface area contributed by atoms with E-state index in [1.165, 1.54) is 6.33 Å². The Balaban J connectivity index is 2.80. The number of aromatic amines is 2. The molecule has 7 nitrogen and oxygen atoms in total. The number of carbonyl (C=O) groups excluding carboxylic acids is 1. The number of hydrogen-bond acceptors (Lipinski definition) is 4. The lowest BCUT2D eigenvalue weighted by atomic mass is 10.3. The Labute approximate surface area is 71.4 Å². The van der Waals surface area contributed by atoms with Gasteiger partial charge in [-0.05, 0) is 0 Å². The zero-order valence-corrected chi connectivity index (χ0v) is 6.37. The van der Waals surface area contributed by atoms with Crippen LogP contribution in [-0.4, -0.2) is 25.8 Å². The fraction of sp³-hybridized carbons (Fsp3) is 0. The fourth-order valence-electron chi connectivity index (χ4n) is 1.04. The van der Waals surface area contributed by atoms with E-state index < -0.39 is 11.6 Å². The van der Waals surface area contributed by atoms with Gasteiger partial charge in [-0.25, -0.2) is 9.78 Å². The lowest BCUT2D eigenvalue weighted by Gasteiger charge is -1.99. The van der Waals surface area contributed by atoms with Crippen LogP contribution in [0, 0.1) is 0 Å². The van der Waals surface area contributed by atoms with Gasteiger partial charge < -0.3 is 15.7 Å². The molecule has 2 aliphatic rings. The smallest absolute Gasteiger partial charge is 0.347 e. The Bertz CT molecular complexity index is 484. The van der Waals surface area contributed by atoms with Gasteiger partial charge in [0.1, 0.15) is 11.4 Å². The van der Waals surface area contributed by atoms with E-state index >= 15 is 0 Å². The normalized spacial score (nSPS) is 10.5. The average molecular weight is 179 g/mol. The van der Waals surface area contributed by atoms with E-state index in [0.29, 0.717) is 0 Å². The van der Waals surface area contributed by atoms with Crippen molar-refractivity contribution in [2.24, 2.45) is 5.73 Å². The van der Waals surface area contributed by atoms with E-state index in [2.05, 4.69) is 19.9 Å². The number of nitrogens with two attached hydrogens (primary N) is 1. The third-order valence-electron chi connectivity index (χ3n) is 1.56. The topological polar surface area (TPSA) is 118 Å². The van der Waals surface area contributed by atoms with E-state index in [1.807, 2.05) is 0 Å². The Morgan fingerprint density at radius 3 is 3.00 bits per heavy atom. The number of primary amides is 1. The highest BCUT2D eigenvalue weighted by molar-refractivity contribution is 5.96. The maximum atomic E-state index is 10.8. The Morgan fingerprint density at radius 2 is 2.31 bits per heavy atom. The quantitative estimate of drug-likeness (QED) is 0.504. The maximum Gasteiger partial charge on any atom is 0.347 e. The molecule has 0 saturated carbocycles. The number of amides is 1. The van der Waals surface area contributed by atoms with Crippen LogP contribution in [0.15, 0.2) is 11.1 Å². The number of H-pyrrole nitrogens is 2. The molecule has 0 unspecified atom stereocenters. The number of aromatic nitrogens is 4. The van der Waals surface area contributed by atoms with Gasteiger partial charge in [0.05, 0.1) is 6.33 Å². The molecule has 0 bridgehead atoms. The van der Waals surface area contributed by atoms with Gasteiger partial charge >= 0.3 is 5.69 Å². The van der Waals surface area contributed by atoms with Gasteiger partial charge in [-0.1, -0.05) is 0 Å². The van der Waals surface area contributed by atoms with Gasteiger partial charge in [0.25, 0.3) is 5.91 Å². The summed E-state index contributed by atoms with van der Waals surface area (Å²) in [6, 6.07) is 0. The summed E-state index contributed by atoms with van der Waals surface area (Å²) < 4.78 is 0. The van der Waals surface area contributed by atoms with E-state index in [-0.39, 0.29) is 17.2 Å². The molecule has 0 fully saturated rings. The lowest BCUT2D eigenvalue weighted by Crippen LogP contribution is -2.15. The molecule has 2 aliphatic heterocycles. The largest absolute Gasteiger partial charge is 0.364 e. The standard InChI is InChI=1S/C6H5N5O2/c7-4(12)2-3-5(9-1-8-2)11-6(13)10-3/h1H,(H2,7,12)(H2,8,9,10,11,13). The molecule has 7 heteroatoms. The zero-order chi connectivity index (χ0) is 9.42. The highest BCUT2D eigenvalue weighted by Crippen LogP contribution is 2.13. The van der Waals surface area contributed by atoms with Gasteiger partial charge in [-0.15, -0.1) is 0 Å². The van der Waals surface area contributed by atoms with Crippen molar-refractivity contribution in [1.29, 1.82) is 0 Å². The van der Waals surface area contributed by atoms with Gasteiger partial charge in [-0.3, -0.25) is 4.79 Å². The zero-order valence-electron chi connectivity index (χ0n) is 6.37. The van der Waals surface area contributed by atoms with E-state index in [1.54, 1.807) is 0 Å². The number of hydrogen-bond donors (Lipinski definition) is 3. The summed E-state index contributed by atoms with van der Waals surface area (Å²) in [7, 11) is 0. The predicted molar refractivity (Wildman–Crippen MR) is 42.1 cm³/mol. The third kappa shape index (κ3) is 1.06. The monoisotopic (exact) mass is 179 g/mol. The summed E-state index contributed by atoms with van der Waals surface area (Å²) in [5.74, 6) is -0.492. The van der Waals surface area contributed by atoms with Crippen LogP contribution in [0.4, 0.5) is 0 Å². The lowest BCUT2D eigenvalue weighted by molar-refractivity contribution is 0.0996. The molecule has 1 amide bonds. The molecule has 0 saturated heterocycles. The van der Waals surface area contributed by atoms with Crippen molar-refractivity contribution in [1.82, 2.24) is 19.9 Å². The molecule has 13 heavy (non-hydrogen) atoms. The molecule has 4 N–H and O–H groups in total. The number of rotatable bonds is 1. The summed E-state index contributed by atoms with van der Waals surface area (Å²) in [6.45, 7) is 0. The predicted octanol–water partition coefficient (Wildman–Crippen LogP) is -1.30. The minimum absolute atomic E-state index is 0.0969. The molecule has 0 atom stereocenters. The molecule has 0 radical (unpaired) electrons. The summed E-state index contributed by atoms with van der Waals surface area (Å²) in [6.07, 6.45) is 1.25. The minimum atomic E-state index is -0.670. The summed E-state index contributed by atoms with van der Waals surface area (Å²) >= 11 is 0. The van der Waals surface area contributed by atoms with Crippen molar-refractivity contribution in [3.8, 4) is 11.5 Å². The van der Waals surface area contributed by atoms with Crippen LogP contribution in [0.5, 0.6) is 0 Å². The molecular formula is C6H5N5O2. The van der Waals surface area contributed by atoms with Crippen LogP contribution in [0.1, 0.15) is 10.5 Å². The van der Waals surface area contributed by atoms with Gasteiger partial charge in [0, 0.05) is 0 Å². The molecular weight excluding hydrogens is 174 g/mol. The van der Waals surface area contributed by atoms with Gasteiger partial charge in [0.2, 0.25) is 0 Å². The number of nitrogens with one attached hydrogen (secondary N) is 2. The molecule has 2 rings (SSSR count). The Kier molecular flexibility index (Phi) is 1.38. The van der Waals surface area contributed by atoms with Crippen molar-refractivity contribution in [3.63, 3.8) is 0 Å². The van der Waals surface area contributed by atoms with Crippen molar-refractivity contribution in [2.75, 3.05) is 0 Å². The molecule has 2 heterocycles. The first-order valence-corrected chi connectivity index (χ1v) is 3.41. The Hall–Kier alpha value is -2.18. The van der Waals surface area contributed by atoms with Crippen LogP contribution < -0.4 is 11.4 Å². The van der Waals surface area contributed by atoms with Crippen LogP contribution in [0.2, 0.25) is 0 Å². The number of nitrogens with zero attached hydrogens (tertiary/aromatic N) is 2. The molecule has 0 aliphatic carbocycles. The second-order valence-corrected chi connectivity index (χ2v) is 2.38. The first-order valence-electron chi connectivity index (χ1n) is 3.41. The molecule has 0 spiro atoms. The number of imidazole rings is 1. The van der Waals surface area contributed by atoms with Crippen molar-refractivity contribution in [3.05, 3.63) is 22.5 Å². The second-order valence-electron chi connectivity index (χ2n) is 2.38. The van der Waals surface area contributed by atoms with Crippen molar-refractivity contribution >= 4 is 5.91 Å². The van der Waals surface area contributed by atoms with Crippen LogP contribution >= 0.6 is 0 Å². The summed E-state index contributed by atoms with van der Waals surface area (Å²) in [5.41, 5.74) is 4.82. The first kappa shape index (κ1) is 7.47. The van der Waals surface area contributed by atoms with Gasteiger partial charge in [-0.2, -0.15) is 4.98 Å². The molecule has 0 aromatic carbocycles. The SMILES string of the molecule is NC(=O)c1[nH]cnc2nc(=O)[nH]c1-2. The minimum Gasteiger partial charge on any atom is -0.364 e. The first-order chi connectivity index (χ1) is 6.18. The highest BCUT2D eigenvalue weighted by atomic mass is 16.1.